The maximum absolute atomic E-state index is 5.31. The molecule has 2 unspecified atom stereocenters. The molecule has 0 radical (unpaired) electrons. The van der Waals surface area contributed by atoms with E-state index in [0.29, 0.717) is 11.6 Å². The SMILES string of the molecule is C#CCCCN1CC(C)(C2CC2)NCC1C. The molecule has 2 nitrogen and oxygen atoms in total. The van der Waals surface area contributed by atoms with E-state index in [4.69, 9.17) is 6.42 Å². The molecule has 1 heterocycles. The van der Waals surface area contributed by atoms with Crippen LogP contribution in [0.1, 0.15) is 39.5 Å². The summed E-state index contributed by atoms with van der Waals surface area (Å²) in [5.74, 6) is 3.65. The van der Waals surface area contributed by atoms with Gasteiger partial charge < -0.3 is 5.32 Å². The first kappa shape index (κ1) is 12.0. The Labute approximate surface area is 99.8 Å². The van der Waals surface area contributed by atoms with E-state index < -0.39 is 0 Å². The summed E-state index contributed by atoms with van der Waals surface area (Å²) >= 11 is 0. The summed E-state index contributed by atoms with van der Waals surface area (Å²) in [6.07, 6.45) is 10.2. The Balaban J connectivity index is 1.87. The van der Waals surface area contributed by atoms with E-state index in [2.05, 4.69) is 30.0 Å². The summed E-state index contributed by atoms with van der Waals surface area (Å²) in [6, 6.07) is 0.657. The van der Waals surface area contributed by atoms with Crippen LogP contribution in [0, 0.1) is 18.3 Å². The molecular weight excluding hydrogens is 196 g/mol. The third kappa shape index (κ3) is 2.59. The second-order valence-electron chi connectivity index (χ2n) is 5.70. The van der Waals surface area contributed by atoms with Crippen molar-refractivity contribution in [2.45, 2.75) is 51.1 Å². The smallest absolute Gasteiger partial charge is 0.0309 e. The zero-order chi connectivity index (χ0) is 11.6. The van der Waals surface area contributed by atoms with Crippen LogP contribution in [-0.2, 0) is 0 Å². The van der Waals surface area contributed by atoms with Crippen molar-refractivity contribution in [3.05, 3.63) is 0 Å². The molecule has 2 rings (SSSR count). The van der Waals surface area contributed by atoms with E-state index in [-0.39, 0.29) is 0 Å². The van der Waals surface area contributed by atoms with Gasteiger partial charge in [0.15, 0.2) is 0 Å². The van der Waals surface area contributed by atoms with Gasteiger partial charge in [-0.2, -0.15) is 0 Å². The standard InChI is InChI=1S/C14H24N2/c1-4-5-6-9-16-11-14(3,13-7-8-13)15-10-12(16)2/h1,12-13,15H,5-11H2,2-3H3. The van der Waals surface area contributed by atoms with Crippen molar-refractivity contribution in [3.8, 4) is 12.3 Å². The molecule has 0 spiro atoms. The molecule has 16 heavy (non-hydrogen) atoms. The third-order valence-corrected chi connectivity index (χ3v) is 4.20. The molecule has 90 valence electrons. The minimum Gasteiger partial charge on any atom is -0.308 e. The predicted molar refractivity (Wildman–Crippen MR) is 68.2 cm³/mol. The van der Waals surface area contributed by atoms with Crippen LogP contribution in [0.5, 0.6) is 0 Å². The second kappa shape index (κ2) is 4.77. The molecule has 0 bridgehead atoms. The molecule has 1 saturated carbocycles. The van der Waals surface area contributed by atoms with Gasteiger partial charge >= 0.3 is 0 Å². The highest BCUT2D eigenvalue weighted by atomic mass is 15.2. The molecule has 1 N–H and O–H groups in total. The van der Waals surface area contributed by atoms with E-state index in [1.807, 2.05) is 0 Å². The Kier molecular flexibility index (Phi) is 3.56. The Bertz CT molecular complexity index is 277. The van der Waals surface area contributed by atoms with Gasteiger partial charge in [0.05, 0.1) is 0 Å². The molecule has 2 aliphatic rings. The van der Waals surface area contributed by atoms with Crippen LogP contribution in [0.15, 0.2) is 0 Å². The van der Waals surface area contributed by atoms with Crippen molar-refractivity contribution in [2.24, 2.45) is 5.92 Å². The Morgan fingerprint density at radius 2 is 2.25 bits per heavy atom. The molecule has 0 amide bonds. The maximum Gasteiger partial charge on any atom is 0.0309 e. The quantitative estimate of drug-likeness (QED) is 0.575. The molecule has 1 aliphatic heterocycles. The van der Waals surface area contributed by atoms with Gasteiger partial charge in [0, 0.05) is 31.1 Å². The van der Waals surface area contributed by atoms with Crippen LogP contribution < -0.4 is 5.32 Å². The van der Waals surface area contributed by atoms with Crippen LogP contribution >= 0.6 is 0 Å². The van der Waals surface area contributed by atoms with Crippen molar-refractivity contribution in [3.63, 3.8) is 0 Å². The minimum absolute atomic E-state index is 0.364. The average molecular weight is 220 g/mol. The lowest BCUT2D eigenvalue weighted by Crippen LogP contribution is -2.63. The number of hydrogen-bond acceptors (Lipinski definition) is 2. The first-order valence-corrected chi connectivity index (χ1v) is 6.58. The van der Waals surface area contributed by atoms with Crippen LogP contribution in [-0.4, -0.2) is 36.1 Å². The van der Waals surface area contributed by atoms with E-state index in [0.717, 1.165) is 31.8 Å². The predicted octanol–water partition coefficient (Wildman–Crippen LogP) is 1.86. The van der Waals surface area contributed by atoms with Crippen LogP contribution in [0.4, 0.5) is 0 Å². The van der Waals surface area contributed by atoms with Gasteiger partial charge in [-0.05, 0) is 45.6 Å². The summed E-state index contributed by atoms with van der Waals surface area (Å²) in [7, 11) is 0. The van der Waals surface area contributed by atoms with Gasteiger partial charge in [0.1, 0.15) is 0 Å². The van der Waals surface area contributed by atoms with Crippen molar-refractivity contribution in [1.82, 2.24) is 10.2 Å². The number of nitrogens with one attached hydrogen (secondary N) is 1. The number of piperazine rings is 1. The van der Waals surface area contributed by atoms with E-state index in [1.165, 1.54) is 19.4 Å². The fourth-order valence-electron chi connectivity index (χ4n) is 2.82. The molecule has 2 fully saturated rings. The average Bonchev–Trinajstić information content (AvgIpc) is 3.08. The summed E-state index contributed by atoms with van der Waals surface area (Å²) in [4.78, 5) is 2.62. The highest BCUT2D eigenvalue weighted by Gasteiger charge is 2.44. The van der Waals surface area contributed by atoms with Crippen LogP contribution in [0.25, 0.3) is 0 Å². The molecule has 0 aromatic carbocycles. The molecule has 2 atom stereocenters. The van der Waals surface area contributed by atoms with Gasteiger partial charge in [-0.1, -0.05) is 0 Å². The minimum atomic E-state index is 0.364. The number of rotatable bonds is 4. The molecular formula is C14H24N2. The second-order valence-corrected chi connectivity index (χ2v) is 5.70. The summed E-state index contributed by atoms with van der Waals surface area (Å²) < 4.78 is 0. The lowest BCUT2D eigenvalue weighted by atomic mass is 9.91. The maximum atomic E-state index is 5.31. The van der Waals surface area contributed by atoms with Crippen molar-refractivity contribution >= 4 is 0 Å². The largest absolute Gasteiger partial charge is 0.308 e. The third-order valence-electron chi connectivity index (χ3n) is 4.20. The number of nitrogens with zero attached hydrogens (tertiary/aromatic N) is 1. The van der Waals surface area contributed by atoms with E-state index in [1.54, 1.807) is 0 Å². The summed E-state index contributed by atoms with van der Waals surface area (Å²) in [5, 5.41) is 3.75. The Morgan fingerprint density at radius 3 is 2.88 bits per heavy atom. The lowest BCUT2D eigenvalue weighted by molar-refractivity contribution is 0.0827. The fourth-order valence-corrected chi connectivity index (χ4v) is 2.82. The molecule has 2 heteroatoms. The zero-order valence-corrected chi connectivity index (χ0v) is 10.6. The monoisotopic (exact) mass is 220 g/mol. The summed E-state index contributed by atoms with van der Waals surface area (Å²) in [5.41, 5.74) is 0.364. The first-order chi connectivity index (χ1) is 7.65. The molecule has 1 aliphatic carbocycles. The Morgan fingerprint density at radius 1 is 1.50 bits per heavy atom. The van der Waals surface area contributed by atoms with E-state index in [9.17, 15) is 0 Å². The van der Waals surface area contributed by atoms with Gasteiger partial charge in [-0.3, -0.25) is 4.90 Å². The number of terminal acetylenes is 1. The van der Waals surface area contributed by atoms with Crippen molar-refractivity contribution < 1.29 is 0 Å². The highest BCUT2D eigenvalue weighted by molar-refractivity contribution is 5.03. The topological polar surface area (TPSA) is 15.3 Å². The fraction of sp³-hybridized carbons (Fsp3) is 0.857. The van der Waals surface area contributed by atoms with Crippen LogP contribution in [0.3, 0.4) is 0 Å². The van der Waals surface area contributed by atoms with Crippen molar-refractivity contribution in [1.29, 1.82) is 0 Å². The number of hydrogen-bond donors (Lipinski definition) is 1. The summed E-state index contributed by atoms with van der Waals surface area (Å²) in [6.45, 7) is 8.20. The van der Waals surface area contributed by atoms with Crippen molar-refractivity contribution in [2.75, 3.05) is 19.6 Å². The Hall–Kier alpha value is -0.520. The number of unbranched alkanes of at least 4 members (excludes halogenated alkanes) is 1. The molecule has 0 aromatic heterocycles. The lowest BCUT2D eigenvalue weighted by Gasteiger charge is -2.45. The van der Waals surface area contributed by atoms with Gasteiger partial charge in [-0.25, -0.2) is 0 Å². The first-order valence-electron chi connectivity index (χ1n) is 6.58. The molecule has 0 aromatic rings. The van der Waals surface area contributed by atoms with E-state index >= 15 is 0 Å². The van der Waals surface area contributed by atoms with Gasteiger partial charge in [0.25, 0.3) is 0 Å². The highest BCUT2D eigenvalue weighted by Crippen LogP contribution is 2.41. The van der Waals surface area contributed by atoms with Crippen LogP contribution in [0.2, 0.25) is 0 Å². The zero-order valence-electron chi connectivity index (χ0n) is 10.6. The normalized spacial score (nSPS) is 35.9. The molecule has 1 saturated heterocycles. The van der Waals surface area contributed by atoms with Gasteiger partial charge in [0.2, 0.25) is 0 Å². The van der Waals surface area contributed by atoms with Gasteiger partial charge in [-0.15, -0.1) is 12.3 Å².